The smallest absolute Gasteiger partial charge is 0.0714 e. The number of fused-ring (bicyclic) bond motifs is 6. The van der Waals surface area contributed by atoms with Gasteiger partial charge in [0, 0.05) is 22.5 Å². The van der Waals surface area contributed by atoms with Gasteiger partial charge in [0.1, 0.15) is 0 Å². The van der Waals surface area contributed by atoms with Crippen molar-refractivity contribution in [3.8, 4) is 33.4 Å². The van der Waals surface area contributed by atoms with E-state index in [1.54, 1.807) is 0 Å². The first kappa shape index (κ1) is 36.8. The molecule has 0 aromatic heterocycles. The summed E-state index contributed by atoms with van der Waals surface area (Å²) in [4.78, 5) is 2.55. The van der Waals surface area contributed by atoms with Gasteiger partial charge in [0.05, 0.1) is 16.5 Å². The summed E-state index contributed by atoms with van der Waals surface area (Å²) >= 11 is 0. The maximum atomic E-state index is 2.63. The zero-order valence-corrected chi connectivity index (χ0v) is 34.8. The van der Waals surface area contributed by atoms with Gasteiger partial charge in [-0.2, -0.15) is 0 Å². The van der Waals surface area contributed by atoms with E-state index in [-0.39, 0.29) is 0 Å². The minimum Gasteiger partial charge on any atom is -0.309 e. The predicted molar refractivity (Wildman–Crippen MR) is 261 cm³/mol. The van der Waals surface area contributed by atoms with Crippen LogP contribution in [0.15, 0.2) is 261 Å². The molecule has 2 aliphatic carbocycles. The van der Waals surface area contributed by atoms with Gasteiger partial charge in [-0.05, 0) is 97.1 Å². The second-order valence-electron chi connectivity index (χ2n) is 16.7. The molecule has 0 fully saturated rings. The van der Waals surface area contributed by atoms with Gasteiger partial charge < -0.3 is 4.90 Å². The maximum Gasteiger partial charge on any atom is 0.0714 e. The van der Waals surface area contributed by atoms with E-state index in [1.807, 2.05) is 0 Å². The summed E-state index contributed by atoms with van der Waals surface area (Å²) in [7, 11) is 0. The van der Waals surface area contributed by atoms with Gasteiger partial charge in [-0.1, -0.05) is 231 Å². The zero-order valence-electron chi connectivity index (χ0n) is 34.8. The summed E-state index contributed by atoms with van der Waals surface area (Å²) in [6.45, 7) is 0. The molecule has 0 bridgehead atoms. The van der Waals surface area contributed by atoms with E-state index in [2.05, 4.69) is 266 Å². The minimum absolute atomic E-state index is 0.639. The van der Waals surface area contributed by atoms with Crippen LogP contribution in [0, 0.1) is 0 Å². The molecular weight excluding hydrogens is 759 g/mol. The molecule has 1 nitrogen and oxygen atoms in total. The quantitative estimate of drug-likeness (QED) is 0.148. The number of nitrogens with zero attached hydrogens (tertiary/aromatic N) is 1. The van der Waals surface area contributed by atoms with Gasteiger partial charge in [0.15, 0.2) is 0 Å². The topological polar surface area (TPSA) is 3.24 Å². The summed E-state index contributed by atoms with van der Waals surface area (Å²) in [5.41, 5.74) is 19.5. The molecule has 0 amide bonds. The van der Waals surface area contributed by atoms with Crippen molar-refractivity contribution in [3.05, 3.63) is 305 Å². The fourth-order valence-electron chi connectivity index (χ4n) is 11.1. The maximum absolute atomic E-state index is 2.63. The molecule has 2 aliphatic rings. The molecule has 0 saturated carbocycles. The average molecular weight is 802 g/mol. The first-order valence-corrected chi connectivity index (χ1v) is 21.9. The molecule has 63 heavy (non-hydrogen) atoms. The molecule has 10 aromatic rings. The molecule has 0 N–H and O–H groups in total. The Balaban J connectivity index is 1.36. The Morgan fingerprint density at radius 2 is 0.619 bits per heavy atom. The Hall–Kier alpha value is -8.00. The van der Waals surface area contributed by atoms with Crippen LogP contribution in [0.25, 0.3) is 33.4 Å². The van der Waals surface area contributed by atoms with E-state index in [0.29, 0.717) is 0 Å². The largest absolute Gasteiger partial charge is 0.309 e. The molecule has 0 aliphatic heterocycles. The second-order valence-corrected chi connectivity index (χ2v) is 16.7. The lowest BCUT2D eigenvalue weighted by atomic mass is 9.64. The third-order valence-corrected chi connectivity index (χ3v) is 13.6. The van der Waals surface area contributed by atoms with Crippen molar-refractivity contribution in [2.75, 3.05) is 4.90 Å². The van der Waals surface area contributed by atoms with E-state index < -0.39 is 10.8 Å². The number of rotatable bonds is 8. The Bertz CT molecular complexity index is 3120. The molecule has 0 unspecified atom stereocenters. The van der Waals surface area contributed by atoms with Gasteiger partial charge in [0.25, 0.3) is 0 Å². The van der Waals surface area contributed by atoms with Crippen molar-refractivity contribution in [2.45, 2.75) is 10.8 Å². The summed E-state index contributed by atoms with van der Waals surface area (Å²) < 4.78 is 0. The van der Waals surface area contributed by atoms with Crippen LogP contribution in [0.2, 0.25) is 0 Å². The molecule has 10 aromatic carbocycles. The van der Waals surface area contributed by atoms with Crippen LogP contribution in [0.5, 0.6) is 0 Å². The lowest BCUT2D eigenvalue weighted by Crippen LogP contribution is -2.31. The number of anilines is 3. The highest BCUT2D eigenvalue weighted by molar-refractivity contribution is 6.08. The molecule has 296 valence electrons. The lowest BCUT2D eigenvalue weighted by Gasteiger charge is -2.38. The highest BCUT2D eigenvalue weighted by atomic mass is 15.1. The number of hydrogen-bond donors (Lipinski definition) is 0. The molecule has 0 saturated heterocycles. The van der Waals surface area contributed by atoms with Crippen molar-refractivity contribution in [1.29, 1.82) is 0 Å². The molecule has 0 radical (unpaired) electrons. The van der Waals surface area contributed by atoms with Crippen molar-refractivity contribution < 1.29 is 0 Å². The zero-order chi connectivity index (χ0) is 41.8. The van der Waals surface area contributed by atoms with Gasteiger partial charge in [0.2, 0.25) is 0 Å². The Labute approximate surface area is 369 Å². The number of hydrogen-bond acceptors (Lipinski definition) is 1. The third kappa shape index (κ3) is 5.43. The van der Waals surface area contributed by atoms with E-state index >= 15 is 0 Å². The van der Waals surface area contributed by atoms with E-state index in [9.17, 15) is 0 Å². The fourth-order valence-corrected chi connectivity index (χ4v) is 11.1. The molecular formula is C62H43N. The summed E-state index contributed by atoms with van der Waals surface area (Å²) in [5.74, 6) is 0. The van der Waals surface area contributed by atoms with Crippen molar-refractivity contribution in [1.82, 2.24) is 0 Å². The van der Waals surface area contributed by atoms with Crippen LogP contribution in [0.3, 0.4) is 0 Å². The predicted octanol–water partition coefficient (Wildman–Crippen LogP) is 15.5. The summed E-state index contributed by atoms with van der Waals surface area (Å²) in [6, 6.07) is 96.8. The van der Waals surface area contributed by atoms with Gasteiger partial charge >= 0.3 is 0 Å². The van der Waals surface area contributed by atoms with Crippen LogP contribution in [0.4, 0.5) is 17.1 Å². The van der Waals surface area contributed by atoms with Crippen LogP contribution >= 0.6 is 0 Å². The Morgan fingerprint density at radius 1 is 0.254 bits per heavy atom. The monoisotopic (exact) mass is 801 g/mol. The minimum atomic E-state index is -0.668. The lowest BCUT2D eigenvalue weighted by molar-refractivity contribution is 0.744. The van der Waals surface area contributed by atoms with E-state index in [4.69, 9.17) is 0 Å². The summed E-state index contributed by atoms with van der Waals surface area (Å²) in [6.07, 6.45) is 0. The fraction of sp³-hybridized carbons (Fsp3) is 0.0323. The van der Waals surface area contributed by atoms with Crippen LogP contribution in [-0.4, -0.2) is 0 Å². The first-order chi connectivity index (χ1) is 31.3. The first-order valence-electron chi connectivity index (χ1n) is 21.9. The standard InChI is InChI=1S/C62H43N/c1-8-24-44(25-9-1)45-40-41-55-53(42-45)59-57(62(55,48-30-14-4-15-31-48)49-32-16-5-17-33-49)43-56-58(60(59)63(50-34-18-6-19-35-50)51-36-20-7-21-37-51)52-38-22-23-39-54(52)61(56,46-26-10-2-11-27-46)47-28-12-3-13-29-47/h1-43H. The van der Waals surface area contributed by atoms with Gasteiger partial charge in [-0.25, -0.2) is 0 Å². The summed E-state index contributed by atoms with van der Waals surface area (Å²) in [5, 5.41) is 0. The van der Waals surface area contributed by atoms with Crippen LogP contribution < -0.4 is 4.90 Å². The second kappa shape index (κ2) is 14.9. The molecule has 0 spiro atoms. The highest BCUT2D eigenvalue weighted by Gasteiger charge is 2.54. The highest BCUT2D eigenvalue weighted by Crippen LogP contribution is 2.67. The van der Waals surface area contributed by atoms with Gasteiger partial charge in [-0.3, -0.25) is 0 Å². The molecule has 0 atom stereocenters. The average Bonchev–Trinajstić information content (AvgIpc) is 3.84. The van der Waals surface area contributed by atoms with Crippen LogP contribution in [-0.2, 0) is 10.8 Å². The third-order valence-electron chi connectivity index (χ3n) is 13.6. The van der Waals surface area contributed by atoms with Crippen LogP contribution in [0.1, 0.15) is 44.5 Å². The van der Waals surface area contributed by atoms with Crippen molar-refractivity contribution >= 4 is 17.1 Å². The molecule has 0 heterocycles. The SMILES string of the molecule is c1ccc(-c2ccc3c(c2)-c2c(cc4c(c2N(c2ccccc2)c2ccccc2)-c2ccccc2C4(c2ccccc2)c2ccccc2)C3(c2ccccc2)c2ccccc2)cc1. The Kier molecular flexibility index (Phi) is 8.69. The van der Waals surface area contributed by atoms with Gasteiger partial charge in [-0.15, -0.1) is 0 Å². The van der Waals surface area contributed by atoms with Crippen molar-refractivity contribution in [3.63, 3.8) is 0 Å². The molecule has 1 heteroatoms. The number of benzene rings is 10. The molecule has 12 rings (SSSR count). The van der Waals surface area contributed by atoms with E-state index in [1.165, 1.54) is 83.6 Å². The Morgan fingerprint density at radius 3 is 1.08 bits per heavy atom. The number of para-hydroxylation sites is 2. The van der Waals surface area contributed by atoms with E-state index in [0.717, 1.165) is 11.4 Å². The van der Waals surface area contributed by atoms with Crippen molar-refractivity contribution in [2.24, 2.45) is 0 Å². The normalized spacial score (nSPS) is 13.7.